The summed E-state index contributed by atoms with van der Waals surface area (Å²) < 4.78 is 1.78. The quantitative estimate of drug-likeness (QED) is 0.359. The van der Waals surface area contributed by atoms with E-state index in [2.05, 4.69) is 41.5 Å². The van der Waals surface area contributed by atoms with E-state index in [1.807, 2.05) is 43.5 Å². The minimum absolute atomic E-state index is 0.0637. The first-order valence-electron chi connectivity index (χ1n) is 10.2. The topological polar surface area (TPSA) is 76.8 Å². The number of thioether (sulfide) groups is 1. The fourth-order valence-electron chi connectivity index (χ4n) is 3.54. The van der Waals surface area contributed by atoms with Crippen molar-refractivity contribution in [3.63, 3.8) is 0 Å². The molecule has 4 aromatic rings. The van der Waals surface area contributed by atoms with Crippen LogP contribution in [0.5, 0.6) is 0 Å². The lowest BCUT2D eigenvalue weighted by molar-refractivity contribution is -0.115. The van der Waals surface area contributed by atoms with Gasteiger partial charge >= 0.3 is 0 Å². The van der Waals surface area contributed by atoms with Crippen LogP contribution in [-0.4, -0.2) is 31.1 Å². The molecule has 4 rings (SSSR count). The van der Waals surface area contributed by atoms with E-state index >= 15 is 0 Å². The number of nitrogens with zero attached hydrogens (tertiary/aromatic N) is 6. The highest BCUT2D eigenvalue weighted by atomic mass is 32.2. The van der Waals surface area contributed by atoms with Crippen LogP contribution in [0.15, 0.2) is 46.9 Å². The third kappa shape index (κ3) is 4.31. The Kier molecular flexibility index (Phi) is 6.38. The Bertz CT molecular complexity index is 1260. The van der Waals surface area contributed by atoms with Gasteiger partial charge in [-0.1, -0.05) is 42.1 Å². The van der Waals surface area contributed by atoms with Crippen molar-refractivity contribution in [2.24, 2.45) is 0 Å². The van der Waals surface area contributed by atoms with Gasteiger partial charge in [0, 0.05) is 18.1 Å². The number of anilines is 2. The van der Waals surface area contributed by atoms with Gasteiger partial charge in [-0.2, -0.15) is 4.68 Å². The number of thiazole rings is 1. The highest BCUT2D eigenvalue weighted by Gasteiger charge is 2.21. The van der Waals surface area contributed by atoms with Crippen molar-refractivity contribution >= 4 is 39.8 Å². The summed E-state index contributed by atoms with van der Waals surface area (Å²) in [7, 11) is 0. The molecule has 0 radical (unpaired) electrons. The van der Waals surface area contributed by atoms with Crippen LogP contribution in [-0.2, 0) is 10.5 Å². The van der Waals surface area contributed by atoms with Crippen LogP contribution in [0, 0.1) is 27.7 Å². The lowest BCUT2D eigenvalue weighted by atomic mass is 10.1. The maximum Gasteiger partial charge on any atom is 0.230 e. The maximum atomic E-state index is 12.5. The number of carbonyl (C=O) groups excluding carboxylic acids is 1. The van der Waals surface area contributed by atoms with E-state index in [4.69, 9.17) is 4.98 Å². The average molecular weight is 465 g/mol. The molecule has 0 fully saturated rings. The second-order valence-corrected chi connectivity index (χ2v) is 9.38. The molecule has 0 atom stereocenters. The standard InChI is InChI=1S/C23H24N6OS2/c1-14-8-7-11-20(17(14)4)28(18(5)30)22-24-19(12-31-22)13-32-23-25-26-27-29(23)21-15(2)9-6-10-16(21)3/h6-12H,13H2,1-5H3. The van der Waals surface area contributed by atoms with Crippen molar-refractivity contribution in [2.75, 3.05) is 4.90 Å². The number of tetrazole rings is 1. The number of rotatable bonds is 6. The van der Waals surface area contributed by atoms with Crippen LogP contribution in [0.1, 0.15) is 34.9 Å². The summed E-state index contributed by atoms with van der Waals surface area (Å²) in [5.41, 5.74) is 7.17. The van der Waals surface area contributed by atoms with Gasteiger partial charge < -0.3 is 0 Å². The average Bonchev–Trinajstić information content (AvgIpc) is 3.39. The number of benzene rings is 2. The first kappa shape index (κ1) is 22.2. The zero-order valence-electron chi connectivity index (χ0n) is 18.7. The third-order valence-corrected chi connectivity index (χ3v) is 7.13. The van der Waals surface area contributed by atoms with Crippen LogP contribution >= 0.6 is 23.1 Å². The molecule has 2 aromatic heterocycles. The molecule has 0 bridgehead atoms. The number of aryl methyl sites for hydroxylation is 3. The van der Waals surface area contributed by atoms with Gasteiger partial charge in [0.25, 0.3) is 0 Å². The summed E-state index contributed by atoms with van der Waals surface area (Å²) in [6, 6.07) is 12.1. The maximum absolute atomic E-state index is 12.5. The lowest BCUT2D eigenvalue weighted by Gasteiger charge is -2.21. The van der Waals surface area contributed by atoms with Gasteiger partial charge in [-0.25, -0.2) is 4.98 Å². The van der Waals surface area contributed by atoms with E-state index in [1.165, 1.54) is 23.1 Å². The van der Waals surface area contributed by atoms with Gasteiger partial charge in [-0.05, 0) is 66.4 Å². The summed E-state index contributed by atoms with van der Waals surface area (Å²) in [6.07, 6.45) is 0. The fourth-order valence-corrected chi connectivity index (χ4v) is 5.29. The Hall–Kier alpha value is -3.04. The summed E-state index contributed by atoms with van der Waals surface area (Å²) in [5, 5.41) is 15.6. The van der Waals surface area contributed by atoms with E-state index in [9.17, 15) is 4.79 Å². The Balaban J connectivity index is 1.57. The van der Waals surface area contributed by atoms with Crippen LogP contribution in [0.25, 0.3) is 5.69 Å². The zero-order valence-corrected chi connectivity index (χ0v) is 20.3. The SMILES string of the molecule is CC(=O)N(c1nc(CSc2nnnn2-c2c(C)cccc2C)cs1)c1cccc(C)c1C. The molecule has 0 saturated carbocycles. The fraction of sp³-hybridized carbons (Fsp3) is 0.261. The molecule has 0 aliphatic heterocycles. The predicted molar refractivity (Wildman–Crippen MR) is 129 cm³/mol. The number of carbonyl (C=O) groups is 1. The Morgan fingerprint density at radius 3 is 2.47 bits per heavy atom. The molecule has 7 nitrogen and oxygen atoms in total. The van der Waals surface area contributed by atoms with Crippen molar-refractivity contribution in [1.82, 2.24) is 25.2 Å². The molecular formula is C23H24N6OS2. The monoisotopic (exact) mass is 464 g/mol. The van der Waals surface area contributed by atoms with Crippen molar-refractivity contribution in [1.29, 1.82) is 0 Å². The first-order valence-corrected chi connectivity index (χ1v) is 12.0. The molecule has 0 aliphatic rings. The van der Waals surface area contributed by atoms with Crippen LogP contribution in [0.2, 0.25) is 0 Å². The Morgan fingerprint density at radius 1 is 1.06 bits per heavy atom. The lowest BCUT2D eigenvalue weighted by Crippen LogP contribution is -2.23. The summed E-state index contributed by atoms with van der Waals surface area (Å²) in [4.78, 5) is 18.9. The first-order chi connectivity index (χ1) is 15.4. The molecule has 0 saturated heterocycles. The minimum atomic E-state index is -0.0637. The van der Waals surface area contributed by atoms with E-state index in [-0.39, 0.29) is 5.91 Å². The normalized spacial score (nSPS) is 11.0. The van der Waals surface area contributed by atoms with Crippen LogP contribution in [0.4, 0.5) is 10.8 Å². The highest BCUT2D eigenvalue weighted by molar-refractivity contribution is 7.98. The van der Waals surface area contributed by atoms with Gasteiger partial charge in [0.15, 0.2) is 5.13 Å². The van der Waals surface area contributed by atoms with E-state index in [0.29, 0.717) is 16.0 Å². The molecule has 2 aromatic carbocycles. The van der Waals surface area contributed by atoms with Gasteiger partial charge in [0.2, 0.25) is 11.1 Å². The molecule has 0 N–H and O–H groups in total. The van der Waals surface area contributed by atoms with E-state index < -0.39 is 0 Å². The van der Waals surface area contributed by atoms with Crippen molar-refractivity contribution in [2.45, 2.75) is 45.5 Å². The number of hydrogen-bond acceptors (Lipinski definition) is 7. The highest BCUT2D eigenvalue weighted by Crippen LogP contribution is 2.34. The number of para-hydroxylation sites is 1. The Morgan fingerprint density at radius 2 is 1.75 bits per heavy atom. The van der Waals surface area contributed by atoms with Crippen molar-refractivity contribution in [3.8, 4) is 5.69 Å². The molecule has 0 spiro atoms. The largest absolute Gasteiger partial charge is 0.274 e. The number of amides is 1. The van der Waals surface area contributed by atoms with E-state index in [1.54, 1.807) is 16.5 Å². The van der Waals surface area contributed by atoms with Crippen molar-refractivity contribution in [3.05, 3.63) is 69.7 Å². The van der Waals surface area contributed by atoms with Gasteiger partial charge in [-0.15, -0.1) is 16.4 Å². The zero-order chi connectivity index (χ0) is 22.8. The Labute approximate surface area is 195 Å². The number of hydrogen-bond donors (Lipinski definition) is 0. The third-order valence-electron chi connectivity index (χ3n) is 5.30. The molecule has 0 unspecified atom stereocenters. The van der Waals surface area contributed by atoms with E-state index in [0.717, 1.165) is 39.3 Å². The second kappa shape index (κ2) is 9.22. The molecule has 32 heavy (non-hydrogen) atoms. The molecule has 2 heterocycles. The predicted octanol–water partition coefficient (Wildman–Crippen LogP) is 5.33. The van der Waals surface area contributed by atoms with Crippen LogP contribution < -0.4 is 4.90 Å². The summed E-state index contributed by atoms with van der Waals surface area (Å²) in [5.74, 6) is 0.534. The van der Waals surface area contributed by atoms with Gasteiger partial charge in [-0.3, -0.25) is 9.69 Å². The molecule has 1 amide bonds. The minimum Gasteiger partial charge on any atom is -0.274 e. The summed E-state index contributed by atoms with van der Waals surface area (Å²) >= 11 is 2.98. The molecule has 0 aliphatic carbocycles. The smallest absolute Gasteiger partial charge is 0.230 e. The summed E-state index contributed by atoms with van der Waals surface area (Å²) in [6.45, 7) is 9.74. The van der Waals surface area contributed by atoms with Gasteiger partial charge in [0.05, 0.1) is 17.1 Å². The molecule has 164 valence electrons. The molecular weight excluding hydrogens is 440 g/mol. The second-order valence-electron chi connectivity index (χ2n) is 7.60. The van der Waals surface area contributed by atoms with Gasteiger partial charge in [0.1, 0.15) is 0 Å². The van der Waals surface area contributed by atoms with Crippen molar-refractivity contribution < 1.29 is 4.79 Å². The van der Waals surface area contributed by atoms with Crippen LogP contribution in [0.3, 0.4) is 0 Å². The molecule has 9 heteroatoms. The number of aromatic nitrogens is 5.